The number of hydrogen-bond donors (Lipinski definition) is 0. The second-order valence-electron chi connectivity index (χ2n) is 4.13. The number of nitrogens with zero attached hydrogens (tertiary/aromatic N) is 5. The first-order valence-corrected chi connectivity index (χ1v) is 5.69. The summed E-state index contributed by atoms with van der Waals surface area (Å²) in [6.07, 6.45) is 6.68. The molecule has 0 spiro atoms. The number of anilines is 1. The highest BCUT2D eigenvalue weighted by Gasteiger charge is 2.10. The van der Waals surface area contributed by atoms with Crippen molar-refractivity contribution in [2.24, 2.45) is 7.05 Å². The summed E-state index contributed by atoms with van der Waals surface area (Å²) in [5.74, 6) is 0.186. The number of esters is 1. The number of aromatic nitrogens is 4. The van der Waals surface area contributed by atoms with E-state index in [4.69, 9.17) is 0 Å². The van der Waals surface area contributed by atoms with E-state index in [1.165, 1.54) is 13.3 Å². The molecule has 0 saturated heterocycles. The Bertz CT molecular complexity index is 564. The fourth-order valence-corrected chi connectivity index (χ4v) is 1.64. The minimum Gasteiger partial charge on any atom is -0.464 e. The van der Waals surface area contributed by atoms with Crippen molar-refractivity contribution >= 4 is 11.8 Å². The van der Waals surface area contributed by atoms with Crippen molar-refractivity contribution in [1.82, 2.24) is 19.7 Å². The molecular weight excluding hydrogens is 246 g/mol. The third-order valence-corrected chi connectivity index (χ3v) is 2.60. The molecule has 2 rings (SSSR count). The van der Waals surface area contributed by atoms with Crippen molar-refractivity contribution in [3.8, 4) is 0 Å². The number of aryl methyl sites for hydroxylation is 1. The molecule has 0 N–H and O–H groups in total. The molecule has 0 amide bonds. The number of rotatable bonds is 4. The maximum atomic E-state index is 11.2. The Morgan fingerprint density at radius 3 is 2.68 bits per heavy atom. The molecule has 0 aliphatic heterocycles. The largest absolute Gasteiger partial charge is 0.464 e. The number of carbonyl (C=O) groups is 1. The van der Waals surface area contributed by atoms with Gasteiger partial charge in [0, 0.05) is 32.4 Å². The smallest absolute Gasteiger partial charge is 0.358 e. The van der Waals surface area contributed by atoms with Gasteiger partial charge in [-0.15, -0.1) is 0 Å². The topological polar surface area (TPSA) is 73.1 Å². The van der Waals surface area contributed by atoms with E-state index in [1.807, 2.05) is 25.2 Å². The molecule has 2 heterocycles. The van der Waals surface area contributed by atoms with Crippen LogP contribution in [0.25, 0.3) is 0 Å². The Kier molecular flexibility index (Phi) is 3.74. The number of hydrogen-bond acceptors (Lipinski definition) is 6. The first-order chi connectivity index (χ1) is 9.10. The monoisotopic (exact) mass is 261 g/mol. The predicted molar refractivity (Wildman–Crippen MR) is 68.7 cm³/mol. The first kappa shape index (κ1) is 13.0. The van der Waals surface area contributed by atoms with Gasteiger partial charge in [-0.25, -0.2) is 14.8 Å². The van der Waals surface area contributed by atoms with Gasteiger partial charge in [-0.05, 0) is 0 Å². The van der Waals surface area contributed by atoms with Gasteiger partial charge in [-0.2, -0.15) is 5.10 Å². The summed E-state index contributed by atoms with van der Waals surface area (Å²) in [6, 6.07) is 0. The van der Waals surface area contributed by atoms with E-state index in [-0.39, 0.29) is 5.69 Å². The SMILES string of the molecule is COC(=O)c1cnc(N(C)Cc2cnn(C)c2)cn1. The van der Waals surface area contributed by atoms with Gasteiger partial charge in [-0.1, -0.05) is 0 Å². The van der Waals surface area contributed by atoms with E-state index in [1.54, 1.807) is 17.1 Å². The van der Waals surface area contributed by atoms with Crippen LogP contribution in [0.1, 0.15) is 16.1 Å². The van der Waals surface area contributed by atoms with E-state index < -0.39 is 5.97 Å². The van der Waals surface area contributed by atoms with Crippen LogP contribution in [-0.4, -0.2) is 39.9 Å². The van der Waals surface area contributed by atoms with Gasteiger partial charge in [-0.3, -0.25) is 4.68 Å². The van der Waals surface area contributed by atoms with Crippen LogP contribution in [0.2, 0.25) is 0 Å². The summed E-state index contributed by atoms with van der Waals surface area (Å²) in [6.45, 7) is 0.667. The average molecular weight is 261 g/mol. The highest BCUT2D eigenvalue weighted by Crippen LogP contribution is 2.11. The summed E-state index contributed by atoms with van der Waals surface area (Å²) in [4.78, 5) is 21.4. The highest BCUT2D eigenvalue weighted by atomic mass is 16.5. The van der Waals surface area contributed by atoms with Gasteiger partial charge in [0.2, 0.25) is 0 Å². The van der Waals surface area contributed by atoms with Crippen molar-refractivity contribution in [2.45, 2.75) is 6.54 Å². The molecule has 100 valence electrons. The molecule has 0 saturated carbocycles. The lowest BCUT2D eigenvalue weighted by molar-refractivity contribution is 0.0593. The van der Waals surface area contributed by atoms with Gasteiger partial charge in [0.15, 0.2) is 5.69 Å². The molecule has 19 heavy (non-hydrogen) atoms. The summed E-state index contributed by atoms with van der Waals surface area (Å²) < 4.78 is 6.31. The van der Waals surface area contributed by atoms with Crippen molar-refractivity contribution in [2.75, 3.05) is 19.1 Å². The zero-order valence-corrected chi connectivity index (χ0v) is 11.1. The quantitative estimate of drug-likeness (QED) is 0.752. The lowest BCUT2D eigenvalue weighted by Gasteiger charge is -2.16. The molecule has 0 aromatic carbocycles. The maximum Gasteiger partial charge on any atom is 0.358 e. The minimum atomic E-state index is -0.492. The normalized spacial score (nSPS) is 10.3. The first-order valence-electron chi connectivity index (χ1n) is 5.69. The van der Waals surface area contributed by atoms with Crippen molar-refractivity contribution in [3.63, 3.8) is 0 Å². The number of carbonyl (C=O) groups excluding carboxylic acids is 1. The second-order valence-corrected chi connectivity index (χ2v) is 4.13. The van der Waals surface area contributed by atoms with Crippen molar-refractivity contribution in [1.29, 1.82) is 0 Å². The number of ether oxygens (including phenoxy) is 1. The van der Waals surface area contributed by atoms with Gasteiger partial charge < -0.3 is 9.64 Å². The van der Waals surface area contributed by atoms with E-state index in [2.05, 4.69) is 19.8 Å². The zero-order chi connectivity index (χ0) is 13.8. The molecule has 0 aliphatic carbocycles. The molecule has 0 radical (unpaired) electrons. The Morgan fingerprint density at radius 2 is 2.16 bits per heavy atom. The average Bonchev–Trinajstić information content (AvgIpc) is 2.83. The van der Waals surface area contributed by atoms with Crippen LogP contribution in [0.3, 0.4) is 0 Å². The van der Waals surface area contributed by atoms with Crippen LogP contribution in [0.4, 0.5) is 5.82 Å². The molecule has 0 unspecified atom stereocenters. The van der Waals surface area contributed by atoms with E-state index in [9.17, 15) is 4.79 Å². The summed E-state index contributed by atoms with van der Waals surface area (Å²) in [7, 11) is 5.08. The van der Waals surface area contributed by atoms with Crippen LogP contribution in [-0.2, 0) is 18.3 Å². The highest BCUT2D eigenvalue weighted by molar-refractivity contribution is 5.86. The summed E-state index contributed by atoms with van der Waals surface area (Å²) in [5.41, 5.74) is 1.27. The third-order valence-electron chi connectivity index (χ3n) is 2.60. The van der Waals surface area contributed by atoms with Crippen LogP contribution in [0, 0.1) is 0 Å². The molecule has 0 atom stereocenters. The molecule has 0 fully saturated rings. The van der Waals surface area contributed by atoms with Crippen molar-refractivity contribution in [3.05, 3.63) is 36.0 Å². The van der Waals surface area contributed by atoms with Gasteiger partial charge in [0.1, 0.15) is 5.82 Å². The second kappa shape index (κ2) is 5.47. The van der Waals surface area contributed by atoms with Gasteiger partial charge >= 0.3 is 5.97 Å². The van der Waals surface area contributed by atoms with Crippen LogP contribution < -0.4 is 4.90 Å². The number of methoxy groups -OCH3 is 1. The molecule has 2 aromatic heterocycles. The van der Waals surface area contributed by atoms with Crippen LogP contribution in [0.15, 0.2) is 24.8 Å². The Labute approximate surface area is 110 Å². The lowest BCUT2D eigenvalue weighted by atomic mass is 10.3. The molecule has 0 aliphatic rings. The summed E-state index contributed by atoms with van der Waals surface area (Å²) in [5, 5.41) is 4.10. The van der Waals surface area contributed by atoms with Gasteiger partial charge in [0.25, 0.3) is 0 Å². The van der Waals surface area contributed by atoms with E-state index in [0.717, 1.165) is 5.56 Å². The standard InChI is InChI=1S/C12H15N5O2/c1-16(7-9-4-15-17(2)8-9)11-6-13-10(5-14-11)12(18)19-3/h4-6,8H,7H2,1-3H3. The lowest BCUT2D eigenvalue weighted by Crippen LogP contribution is -2.18. The molecule has 7 heteroatoms. The fraction of sp³-hybridized carbons (Fsp3) is 0.333. The van der Waals surface area contributed by atoms with E-state index >= 15 is 0 Å². The van der Waals surface area contributed by atoms with Crippen LogP contribution >= 0.6 is 0 Å². The molecule has 0 bridgehead atoms. The molecular formula is C12H15N5O2. The Morgan fingerprint density at radius 1 is 1.37 bits per heavy atom. The third kappa shape index (κ3) is 3.06. The van der Waals surface area contributed by atoms with E-state index in [0.29, 0.717) is 12.4 Å². The fourth-order valence-electron chi connectivity index (χ4n) is 1.64. The predicted octanol–water partition coefficient (Wildman–Crippen LogP) is 0.633. The van der Waals surface area contributed by atoms with Gasteiger partial charge in [0.05, 0.1) is 25.7 Å². The Hall–Kier alpha value is -2.44. The van der Waals surface area contributed by atoms with Crippen molar-refractivity contribution < 1.29 is 9.53 Å². The summed E-state index contributed by atoms with van der Waals surface area (Å²) >= 11 is 0. The molecule has 7 nitrogen and oxygen atoms in total. The van der Waals surface area contributed by atoms with Crippen LogP contribution in [0.5, 0.6) is 0 Å². The maximum absolute atomic E-state index is 11.2. The minimum absolute atomic E-state index is 0.195. The Balaban J connectivity index is 2.07. The molecule has 2 aromatic rings. The zero-order valence-electron chi connectivity index (χ0n) is 11.1.